The molecule has 2 amide bonds. The lowest BCUT2D eigenvalue weighted by atomic mass is 9.94. The summed E-state index contributed by atoms with van der Waals surface area (Å²) in [6.07, 6.45) is -0.175. The molecule has 10 heteroatoms. The van der Waals surface area contributed by atoms with E-state index in [0.29, 0.717) is 19.4 Å². The van der Waals surface area contributed by atoms with Crippen molar-refractivity contribution in [2.75, 3.05) is 13.7 Å². The summed E-state index contributed by atoms with van der Waals surface area (Å²) < 4.78 is 10.2. The molecule has 0 aliphatic carbocycles. The zero-order valence-electron chi connectivity index (χ0n) is 19.4. The molecule has 0 aromatic heterocycles. The largest absolute Gasteiger partial charge is 0.468 e. The van der Waals surface area contributed by atoms with Gasteiger partial charge in [-0.15, -0.1) is 0 Å². The van der Waals surface area contributed by atoms with Gasteiger partial charge in [0.05, 0.1) is 18.8 Å². The molecule has 0 radical (unpaired) electrons. The summed E-state index contributed by atoms with van der Waals surface area (Å²) >= 11 is 0. The summed E-state index contributed by atoms with van der Waals surface area (Å²) in [5.74, 6) is -1.42. The van der Waals surface area contributed by atoms with Crippen molar-refractivity contribution in [3.63, 3.8) is 0 Å². The van der Waals surface area contributed by atoms with Gasteiger partial charge in [-0.3, -0.25) is 24.7 Å². The molecular formula is C20H38N4O6. The van der Waals surface area contributed by atoms with E-state index in [1.165, 1.54) is 12.1 Å². The third-order valence-corrected chi connectivity index (χ3v) is 4.81. The van der Waals surface area contributed by atoms with Crippen LogP contribution >= 0.6 is 0 Å². The van der Waals surface area contributed by atoms with Crippen LogP contribution in [0.4, 0.5) is 0 Å². The second kappa shape index (κ2) is 10.5. The van der Waals surface area contributed by atoms with Crippen molar-refractivity contribution in [3.8, 4) is 0 Å². The Kier molecular flexibility index (Phi) is 9.22. The van der Waals surface area contributed by atoms with Crippen LogP contribution in [0.5, 0.6) is 0 Å². The van der Waals surface area contributed by atoms with Gasteiger partial charge in [-0.2, -0.15) is 0 Å². The average Bonchev–Trinajstić information content (AvgIpc) is 2.62. The molecular weight excluding hydrogens is 392 g/mol. The third-order valence-electron chi connectivity index (χ3n) is 4.81. The minimum absolute atomic E-state index is 0.166. The summed E-state index contributed by atoms with van der Waals surface area (Å²) in [5, 5.41) is 16.9. The van der Waals surface area contributed by atoms with Gasteiger partial charge in [0.25, 0.3) is 5.91 Å². The molecule has 1 rings (SSSR count). The molecule has 1 fully saturated rings. The number of carbonyl (C=O) groups is 3. The molecule has 1 saturated heterocycles. The third kappa shape index (κ3) is 7.50. The van der Waals surface area contributed by atoms with Crippen molar-refractivity contribution in [1.82, 2.24) is 21.1 Å². The molecule has 4 N–H and O–H groups in total. The number of amides is 2. The van der Waals surface area contributed by atoms with Crippen LogP contribution in [0.3, 0.4) is 0 Å². The first kappa shape index (κ1) is 26.3. The predicted molar refractivity (Wildman–Crippen MR) is 111 cm³/mol. The van der Waals surface area contributed by atoms with Gasteiger partial charge in [0.2, 0.25) is 12.3 Å². The van der Waals surface area contributed by atoms with E-state index in [9.17, 15) is 19.5 Å². The monoisotopic (exact) mass is 430 g/mol. The molecule has 0 aromatic carbocycles. The van der Waals surface area contributed by atoms with Crippen molar-refractivity contribution in [2.24, 2.45) is 5.92 Å². The molecule has 0 spiro atoms. The number of carbonyl (C=O) groups excluding carboxylic acids is 3. The summed E-state index contributed by atoms with van der Waals surface area (Å²) in [6.45, 7) is 12.7. The van der Waals surface area contributed by atoms with Crippen molar-refractivity contribution < 1.29 is 29.0 Å². The minimum atomic E-state index is -1.33. The zero-order valence-corrected chi connectivity index (χ0v) is 19.4. The number of aliphatic hydroxyl groups excluding tert-OH is 1. The highest BCUT2D eigenvalue weighted by molar-refractivity contribution is 5.90. The fraction of sp³-hybridized carbons (Fsp3) is 0.850. The Bertz CT molecular complexity index is 621. The number of nitrogens with zero attached hydrogens (tertiary/aromatic N) is 1. The Balaban J connectivity index is 2.76. The maximum atomic E-state index is 12.8. The summed E-state index contributed by atoms with van der Waals surface area (Å²) in [5.41, 5.74) is 1.33. The Morgan fingerprint density at radius 2 is 1.80 bits per heavy atom. The first-order chi connectivity index (χ1) is 13.7. The summed E-state index contributed by atoms with van der Waals surface area (Å²) in [7, 11) is 1.30. The van der Waals surface area contributed by atoms with E-state index in [-0.39, 0.29) is 11.8 Å². The van der Waals surface area contributed by atoms with Crippen LogP contribution in [-0.4, -0.2) is 71.2 Å². The lowest BCUT2D eigenvalue weighted by Gasteiger charge is -2.40. The fourth-order valence-electron chi connectivity index (χ4n) is 3.23. The summed E-state index contributed by atoms with van der Waals surface area (Å²) in [4.78, 5) is 37.6. The molecule has 1 heterocycles. The number of methoxy groups -OCH3 is 1. The highest BCUT2D eigenvalue weighted by Gasteiger charge is 2.41. The minimum Gasteiger partial charge on any atom is -0.468 e. The highest BCUT2D eigenvalue weighted by atomic mass is 16.6. The van der Waals surface area contributed by atoms with Crippen molar-refractivity contribution >= 4 is 17.8 Å². The standard InChI is InChI=1S/C20H38N4O6/c1-12(2)14(22-18(28)30-19(4,5)6)15(25)21-13(3)16(26)24-11-9-10-20(7,23-24)17(27)29-8/h12-14,18,22-23,28H,9-11H2,1-8H3,(H,21,25). The normalized spacial score (nSPS) is 22.9. The second-order valence-corrected chi connectivity index (χ2v) is 9.23. The van der Waals surface area contributed by atoms with Gasteiger partial charge < -0.3 is 19.9 Å². The molecule has 10 nitrogen and oxygen atoms in total. The maximum absolute atomic E-state index is 12.8. The van der Waals surface area contributed by atoms with Crippen molar-refractivity contribution in [3.05, 3.63) is 0 Å². The van der Waals surface area contributed by atoms with Gasteiger partial charge in [0, 0.05) is 6.54 Å². The molecule has 0 saturated carbocycles. The van der Waals surface area contributed by atoms with E-state index in [1.54, 1.807) is 34.6 Å². The lowest BCUT2D eigenvalue weighted by molar-refractivity contribution is -0.188. The fourth-order valence-corrected chi connectivity index (χ4v) is 3.23. The van der Waals surface area contributed by atoms with E-state index in [2.05, 4.69) is 16.1 Å². The van der Waals surface area contributed by atoms with E-state index >= 15 is 0 Å². The summed E-state index contributed by atoms with van der Waals surface area (Å²) in [6, 6.07) is -1.61. The molecule has 1 aliphatic rings. The van der Waals surface area contributed by atoms with E-state index < -0.39 is 41.5 Å². The van der Waals surface area contributed by atoms with E-state index in [1.807, 2.05) is 13.8 Å². The average molecular weight is 431 g/mol. The highest BCUT2D eigenvalue weighted by Crippen LogP contribution is 2.20. The molecule has 4 unspecified atom stereocenters. The van der Waals surface area contributed by atoms with Crippen LogP contribution in [0.15, 0.2) is 0 Å². The van der Waals surface area contributed by atoms with Crippen LogP contribution in [0.1, 0.15) is 61.3 Å². The van der Waals surface area contributed by atoms with Crippen LogP contribution in [0.25, 0.3) is 0 Å². The molecule has 30 heavy (non-hydrogen) atoms. The smallest absolute Gasteiger partial charge is 0.327 e. The number of rotatable bonds is 8. The SMILES string of the molecule is COC(=O)C1(C)CCCN(C(=O)C(C)NC(=O)C(NC(O)OC(C)(C)C)C(C)C)N1. The van der Waals surface area contributed by atoms with Crippen LogP contribution < -0.4 is 16.1 Å². The predicted octanol–water partition coefficient (Wildman–Crippen LogP) is 0.255. The van der Waals surface area contributed by atoms with Crippen LogP contribution in [-0.2, 0) is 23.9 Å². The Labute approximate surface area is 179 Å². The second-order valence-electron chi connectivity index (χ2n) is 9.23. The first-order valence-corrected chi connectivity index (χ1v) is 10.3. The molecule has 0 bridgehead atoms. The molecule has 174 valence electrons. The molecule has 4 atom stereocenters. The molecule has 1 aliphatic heterocycles. The lowest BCUT2D eigenvalue weighted by Crippen LogP contribution is -2.65. The number of aliphatic hydroxyl groups is 1. The van der Waals surface area contributed by atoms with Gasteiger partial charge in [-0.05, 0) is 53.4 Å². The number of nitrogens with one attached hydrogen (secondary N) is 3. The van der Waals surface area contributed by atoms with Gasteiger partial charge in [-0.25, -0.2) is 5.43 Å². The quantitative estimate of drug-likeness (QED) is 0.319. The van der Waals surface area contributed by atoms with Gasteiger partial charge in [0.15, 0.2) is 0 Å². The molecule has 0 aromatic rings. The first-order valence-electron chi connectivity index (χ1n) is 10.3. The van der Waals surface area contributed by atoms with E-state index in [0.717, 1.165) is 0 Å². The van der Waals surface area contributed by atoms with Crippen molar-refractivity contribution in [2.45, 2.75) is 90.9 Å². The van der Waals surface area contributed by atoms with Crippen molar-refractivity contribution in [1.29, 1.82) is 0 Å². The number of hydrogen-bond acceptors (Lipinski definition) is 8. The van der Waals surface area contributed by atoms with Crippen LogP contribution in [0, 0.1) is 5.92 Å². The number of esters is 1. The van der Waals surface area contributed by atoms with Crippen LogP contribution in [0.2, 0.25) is 0 Å². The Morgan fingerprint density at radius 1 is 1.20 bits per heavy atom. The van der Waals surface area contributed by atoms with E-state index in [4.69, 9.17) is 9.47 Å². The maximum Gasteiger partial charge on any atom is 0.327 e. The van der Waals surface area contributed by atoms with Gasteiger partial charge in [0.1, 0.15) is 11.6 Å². The number of hydrogen-bond donors (Lipinski definition) is 4. The number of ether oxygens (including phenoxy) is 2. The van der Waals surface area contributed by atoms with Gasteiger partial charge in [-0.1, -0.05) is 13.8 Å². The number of hydrazine groups is 1. The topological polar surface area (TPSA) is 129 Å². The Hall–Kier alpha value is -1.75. The zero-order chi connectivity index (χ0) is 23.3. The Morgan fingerprint density at radius 3 is 2.30 bits per heavy atom. The van der Waals surface area contributed by atoms with Gasteiger partial charge >= 0.3 is 5.97 Å².